The van der Waals surface area contributed by atoms with Crippen LogP contribution in [0.4, 0.5) is 5.69 Å². The monoisotopic (exact) mass is 498 g/mol. The summed E-state index contributed by atoms with van der Waals surface area (Å²) in [5.41, 5.74) is 6.61. The Balaban J connectivity index is 1.24. The average molecular weight is 499 g/mol. The lowest BCUT2D eigenvalue weighted by molar-refractivity contribution is -0.136. The highest BCUT2D eigenvalue weighted by Gasteiger charge is 2.39. The van der Waals surface area contributed by atoms with Crippen molar-refractivity contribution in [2.24, 2.45) is 0 Å². The van der Waals surface area contributed by atoms with Gasteiger partial charge in [0.2, 0.25) is 11.8 Å². The fraction of sp³-hybridized carbons (Fsp3) is 0.333. The van der Waals surface area contributed by atoms with E-state index in [1.165, 1.54) is 20.7 Å². The van der Waals surface area contributed by atoms with Crippen LogP contribution in [0.5, 0.6) is 0 Å². The Morgan fingerprint density at radius 1 is 1.08 bits per heavy atom. The van der Waals surface area contributed by atoms with E-state index in [1.54, 1.807) is 23.2 Å². The summed E-state index contributed by atoms with van der Waals surface area (Å²) in [5, 5.41) is 10.7. The second-order valence-electron chi connectivity index (χ2n) is 9.93. The molecule has 0 saturated carbocycles. The number of fused-ring (bicyclic) bond motifs is 2. The van der Waals surface area contributed by atoms with Crippen molar-refractivity contribution < 1.29 is 19.2 Å². The molecule has 1 N–H and O–H groups in total. The minimum atomic E-state index is -0.670. The number of nitrogens with one attached hydrogen (secondary N) is 1. The van der Waals surface area contributed by atoms with Crippen LogP contribution in [0.25, 0.3) is 5.69 Å². The maximum Gasteiger partial charge on any atom is 0.280 e. The Kier molecular flexibility index (Phi) is 5.40. The van der Waals surface area contributed by atoms with Gasteiger partial charge in [-0.15, -0.1) is 5.10 Å². The summed E-state index contributed by atoms with van der Waals surface area (Å²) in [6, 6.07) is 8.80. The summed E-state index contributed by atoms with van der Waals surface area (Å²) >= 11 is 0. The number of nitrogens with zero attached hydrogens (tertiary/aromatic N) is 5. The van der Waals surface area contributed by atoms with Crippen molar-refractivity contribution >= 4 is 29.3 Å². The van der Waals surface area contributed by atoms with Crippen molar-refractivity contribution in [2.75, 3.05) is 11.4 Å². The minimum Gasteiger partial charge on any atom is -0.322 e. The summed E-state index contributed by atoms with van der Waals surface area (Å²) in [6.07, 6.45) is 3.96. The minimum absolute atomic E-state index is 0.197. The highest BCUT2D eigenvalue weighted by Crippen LogP contribution is 2.32. The molecular weight excluding hydrogens is 472 g/mol. The molecule has 10 heteroatoms. The molecule has 1 fully saturated rings. The van der Waals surface area contributed by atoms with Gasteiger partial charge in [0.05, 0.1) is 11.9 Å². The molecule has 3 aromatic rings. The smallest absolute Gasteiger partial charge is 0.280 e. The van der Waals surface area contributed by atoms with E-state index in [2.05, 4.69) is 34.7 Å². The highest BCUT2D eigenvalue weighted by molar-refractivity contribution is 6.06. The third kappa shape index (κ3) is 3.89. The number of anilines is 1. The Bertz CT molecular complexity index is 1490. The van der Waals surface area contributed by atoms with Gasteiger partial charge < -0.3 is 9.80 Å². The third-order valence-corrected chi connectivity index (χ3v) is 7.42. The van der Waals surface area contributed by atoms with Crippen LogP contribution < -0.4 is 10.2 Å². The van der Waals surface area contributed by atoms with Gasteiger partial charge in [0.25, 0.3) is 11.8 Å². The van der Waals surface area contributed by atoms with Crippen LogP contribution in [0.1, 0.15) is 62.4 Å². The van der Waals surface area contributed by atoms with E-state index in [1.807, 2.05) is 13.0 Å². The van der Waals surface area contributed by atoms with Gasteiger partial charge in [-0.25, -0.2) is 4.68 Å². The van der Waals surface area contributed by atoms with Crippen LogP contribution in [-0.4, -0.2) is 56.1 Å². The molecular formula is C27H26N6O4. The van der Waals surface area contributed by atoms with Crippen molar-refractivity contribution in [3.05, 3.63) is 70.0 Å². The summed E-state index contributed by atoms with van der Waals surface area (Å²) in [6.45, 7) is 4.99. The summed E-state index contributed by atoms with van der Waals surface area (Å²) < 4.78 is 1.53. The number of hydrogen-bond donors (Lipinski definition) is 1. The molecule has 4 amide bonds. The first-order valence-electron chi connectivity index (χ1n) is 12.4. The molecule has 3 aliphatic rings. The molecule has 1 saturated heterocycles. The van der Waals surface area contributed by atoms with Crippen LogP contribution >= 0.6 is 0 Å². The van der Waals surface area contributed by atoms with Crippen molar-refractivity contribution in [3.63, 3.8) is 0 Å². The topological polar surface area (TPSA) is 118 Å². The molecule has 0 aliphatic carbocycles. The Morgan fingerprint density at radius 3 is 2.73 bits per heavy atom. The SMILES string of the molecule is Cc1cc(C)c2c(c1)N(C(=O)c1cn(-c3ccc4c(c3)CN(C3CCC(=O)NC3=O)C4=O)nn1)CCC2. The molecule has 188 valence electrons. The van der Waals surface area contributed by atoms with Crippen molar-refractivity contribution in [2.45, 2.75) is 52.1 Å². The van der Waals surface area contributed by atoms with Gasteiger partial charge in [-0.1, -0.05) is 11.3 Å². The fourth-order valence-corrected chi connectivity index (χ4v) is 5.62. The van der Waals surface area contributed by atoms with E-state index in [0.29, 0.717) is 24.2 Å². The molecule has 0 spiro atoms. The molecule has 2 aromatic carbocycles. The van der Waals surface area contributed by atoms with Gasteiger partial charge >= 0.3 is 0 Å². The zero-order chi connectivity index (χ0) is 25.8. The van der Waals surface area contributed by atoms with Crippen LogP contribution in [0, 0.1) is 13.8 Å². The van der Waals surface area contributed by atoms with Gasteiger partial charge in [-0.2, -0.15) is 0 Å². The number of hydrogen-bond acceptors (Lipinski definition) is 6. The van der Waals surface area contributed by atoms with E-state index in [4.69, 9.17) is 0 Å². The predicted octanol–water partition coefficient (Wildman–Crippen LogP) is 2.24. The Hall–Kier alpha value is -4.34. The molecule has 0 radical (unpaired) electrons. The van der Waals surface area contributed by atoms with E-state index in [-0.39, 0.29) is 36.4 Å². The van der Waals surface area contributed by atoms with Crippen LogP contribution in [0.15, 0.2) is 36.5 Å². The zero-order valence-electron chi connectivity index (χ0n) is 20.7. The Labute approximate surface area is 213 Å². The van der Waals surface area contributed by atoms with E-state index in [9.17, 15) is 19.2 Å². The maximum atomic E-state index is 13.4. The number of aromatic nitrogens is 3. The Morgan fingerprint density at radius 2 is 1.92 bits per heavy atom. The third-order valence-electron chi connectivity index (χ3n) is 7.42. The van der Waals surface area contributed by atoms with Gasteiger partial charge in [0, 0.05) is 30.8 Å². The highest BCUT2D eigenvalue weighted by atomic mass is 16.2. The molecule has 37 heavy (non-hydrogen) atoms. The van der Waals surface area contributed by atoms with Crippen molar-refractivity contribution in [1.82, 2.24) is 25.2 Å². The first kappa shape index (κ1) is 23.1. The summed E-state index contributed by atoms with van der Waals surface area (Å²) in [7, 11) is 0. The number of amides is 4. The fourth-order valence-electron chi connectivity index (χ4n) is 5.62. The standard InChI is InChI=1S/C27H26N6O4/c1-15-10-16(2)19-4-3-9-31(23(19)11-15)27(37)21-14-33(30-29-21)18-5-6-20-17(12-18)13-32(26(20)36)22-7-8-24(34)28-25(22)35/h5-6,10-12,14,22H,3-4,7-9,13H2,1-2H3,(H,28,34,35). The number of benzene rings is 2. The second kappa shape index (κ2) is 8.65. The molecule has 1 aromatic heterocycles. The van der Waals surface area contributed by atoms with Crippen molar-refractivity contribution in [1.29, 1.82) is 0 Å². The molecule has 10 nitrogen and oxygen atoms in total. The van der Waals surface area contributed by atoms with Gasteiger partial charge in [0.15, 0.2) is 5.69 Å². The van der Waals surface area contributed by atoms with Crippen LogP contribution in [0.3, 0.4) is 0 Å². The second-order valence-corrected chi connectivity index (χ2v) is 9.93. The van der Waals surface area contributed by atoms with E-state index < -0.39 is 11.9 Å². The lowest BCUT2D eigenvalue weighted by Crippen LogP contribution is -2.52. The van der Waals surface area contributed by atoms with Gasteiger partial charge in [-0.05, 0) is 79.6 Å². The van der Waals surface area contributed by atoms with Crippen molar-refractivity contribution in [3.8, 4) is 5.69 Å². The zero-order valence-corrected chi connectivity index (χ0v) is 20.7. The molecule has 3 aliphatic heterocycles. The summed E-state index contributed by atoms with van der Waals surface area (Å²) in [5.74, 6) is -1.19. The van der Waals surface area contributed by atoms with Crippen LogP contribution in [0.2, 0.25) is 0 Å². The van der Waals surface area contributed by atoms with E-state index in [0.717, 1.165) is 29.7 Å². The number of carbonyl (C=O) groups is 4. The first-order chi connectivity index (χ1) is 17.8. The number of imide groups is 1. The van der Waals surface area contributed by atoms with E-state index >= 15 is 0 Å². The first-order valence-corrected chi connectivity index (χ1v) is 12.4. The summed E-state index contributed by atoms with van der Waals surface area (Å²) in [4.78, 5) is 53.5. The van der Waals surface area contributed by atoms with Gasteiger partial charge in [0.1, 0.15) is 6.04 Å². The van der Waals surface area contributed by atoms with Gasteiger partial charge in [-0.3, -0.25) is 24.5 Å². The average Bonchev–Trinajstić information content (AvgIpc) is 3.48. The number of piperidine rings is 1. The lowest BCUT2D eigenvalue weighted by Gasteiger charge is -2.30. The normalized spacial score (nSPS) is 19.1. The number of aryl methyl sites for hydroxylation is 2. The molecule has 0 bridgehead atoms. The number of rotatable bonds is 3. The molecule has 1 unspecified atom stereocenters. The van der Waals surface area contributed by atoms with Crippen LogP contribution in [-0.2, 0) is 22.6 Å². The molecule has 1 atom stereocenters. The molecule has 4 heterocycles. The number of carbonyl (C=O) groups excluding carboxylic acids is 4. The largest absolute Gasteiger partial charge is 0.322 e. The lowest BCUT2D eigenvalue weighted by atomic mass is 9.95. The maximum absolute atomic E-state index is 13.4. The molecule has 6 rings (SSSR count). The predicted molar refractivity (Wildman–Crippen MR) is 133 cm³/mol. The quantitative estimate of drug-likeness (QED) is 0.554.